The zero-order valence-corrected chi connectivity index (χ0v) is 16.1. The van der Waals surface area contributed by atoms with Crippen molar-refractivity contribution in [1.82, 2.24) is 9.55 Å². The average Bonchev–Trinajstić information content (AvgIpc) is 3.12. The zero-order valence-electron chi connectivity index (χ0n) is 16.1. The van der Waals surface area contributed by atoms with Crippen LogP contribution in [0, 0.1) is 13.8 Å². The molecule has 3 aromatic carbocycles. The highest BCUT2D eigenvalue weighted by Gasteiger charge is 2.21. The first-order valence-electron chi connectivity index (χ1n) is 9.41. The summed E-state index contributed by atoms with van der Waals surface area (Å²) in [4.78, 5) is 17.9. The topological polar surface area (TPSA) is 34.9 Å². The maximum Gasteiger partial charge on any atom is 0.228 e. The Morgan fingerprint density at radius 2 is 1.46 bits per heavy atom. The summed E-state index contributed by atoms with van der Waals surface area (Å²) in [5.74, 6) is 0.422. The van der Waals surface area contributed by atoms with Crippen LogP contribution in [0.25, 0.3) is 11.3 Å². The third-order valence-electron chi connectivity index (χ3n) is 5.05. The van der Waals surface area contributed by atoms with Crippen molar-refractivity contribution in [3.63, 3.8) is 0 Å². The Morgan fingerprint density at radius 3 is 2.18 bits per heavy atom. The number of benzene rings is 3. The van der Waals surface area contributed by atoms with Gasteiger partial charge < -0.3 is 4.57 Å². The second-order valence-corrected chi connectivity index (χ2v) is 7.00. The number of ketones is 1. The lowest BCUT2D eigenvalue weighted by atomic mass is 10.0. The molecule has 3 heteroatoms. The number of aryl methyl sites for hydroxylation is 2. The normalized spacial score (nSPS) is 10.8. The molecule has 0 saturated carbocycles. The molecular weight excluding hydrogens is 344 g/mol. The standard InChI is InChI=1S/C25H22N2O/c1-18-10-6-8-14-21(18)23-16-26-25(24(28)22-15-9-7-11-19(22)2)27(23)17-20-12-4-3-5-13-20/h3-16H,17H2,1-2H3. The first kappa shape index (κ1) is 17.9. The van der Waals surface area contributed by atoms with Gasteiger partial charge in [-0.3, -0.25) is 4.79 Å². The van der Waals surface area contributed by atoms with Gasteiger partial charge in [0.05, 0.1) is 11.9 Å². The van der Waals surface area contributed by atoms with E-state index in [0.717, 1.165) is 27.9 Å². The molecule has 4 rings (SSSR count). The molecule has 0 saturated heterocycles. The number of aromatic nitrogens is 2. The zero-order chi connectivity index (χ0) is 19.5. The molecule has 3 nitrogen and oxygen atoms in total. The molecule has 28 heavy (non-hydrogen) atoms. The minimum absolute atomic E-state index is 0.0473. The Morgan fingerprint density at radius 1 is 0.821 bits per heavy atom. The minimum atomic E-state index is -0.0473. The van der Waals surface area contributed by atoms with Crippen LogP contribution in [0.3, 0.4) is 0 Å². The van der Waals surface area contributed by atoms with Crippen molar-refractivity contribution in [2.75, 3.05) is 0 Å². The fraction of sp³-hybridized carbons (Fsp3) is 0.120. The second kappa shape index (κ2) is 7.65. The predicted molar refractivity (Wildman–Crippen MR) is 113 cm³/mol. The van der Waals surface area contributed by atoms with Gasteiger partial charge in [0, 0.05) is 17.7 Å². The van der Waals surface area contributed by atoms with Gasteiger partial charge in [0.2, 0.25) is 5.78 Å². The van der Waals surface area contributed by atoms with Crippen LogP contribution in [0.2, 0.25) is 0 Å². The summed E-state index contributed by atoms with van der Waals surface area (Å²) >= 11 is 0. The summed E-state index contributed by atoms with van der Waals surface area (Å²) < 4.78 is 2.03. The molecule has 0 radical (unpaired) electrons. The van der Waals surface area contributed by atoms with Crippen LogP contribution in [0.5, 0.6) is 0 Å². The Labute approximate surface area is 165 Å². The van der Waals surface area contributed by atoms with E-state index < -0.39 is 0 Å². The third kappa shape index (κ3) is 3.39. The van der Waals surface area contributed by atoms with Gasteiger partial charge in [-0.2, -0.15) is 0 Å². The summed E-state index contributed by atoms with van der Waals surface area (Å²) in [6.07, 6.45) is 1.82. The molecule has 138 valence electrons. The molecule has 0 aliphatic heterocycles. The SMILES string of the molecule is Cc1ccccc1C(=O)c1ncc(-c2ccccc2C)n1Cc1ccccc1. The highest BCUT2D eigenvalue weighted by atomic mass is 16.1. The van der Waals surface area contributed by atoms with Gasteiger partial charge >= 0.3 is 0 Å². The Hall–Kier alpha value is -3.46. The quantitative estimate of drug-likeness (QED) is 0.440. The van der Waals surface area contributed by atoms with E-state index in [9.17, 15) is 4.79 Å². The molecule has 0 atom stereocenters. The maximum atomic E-state index is 13.3. The van der Waals surface area contributed by atoms with Gasteiger partial charge in [-0.1, -0.05) is 78.9 Å². The fourth-order valence-electron chi connectivity index (χ4n) is 3.51. The van der Waals surface area contributed by atoms with Crippen molar-refractivity contribution < 1.29 is 4.79 Å². The average molecular weight is 366 g/mol. The van der Waals surface area contributed by atoms with Crippen molar-refractivity contribution in [1.29, 1.82) is 0 Å². The van der Waals surface area contributed by atoms with Crippen LogP contribution in [0.15, 0.2) is 85.1 Å². The molecule has 0 aliphatic carbocycles. The third-order valence-corrected chi connectivity index (χ3v) is 5.05. The second-order valence-electron chi connectivity index (χ2n) is 7.00. The van der Waals surface area contributed by atoms with E-state index in [2.05, 4.69) is 36.2 Å². The molecule has 4 aromatic rings. The van der Waals surface area contributed by atoms with E-state index >= 15 is 0 Å². The Kier molecular flexibility index (Phi) is 4.90. The molecule has 0 unspecified atom stereocenters. The molecular formula is C25H22N2O. The van der Waals surface area contributed by atoms with Gasteiger partial charge in [-0.25, -0.2) is 4.98 Å². The Bertz CT molecular complexity index is 1130. The maximum absolute atomic E-state index is 13.3. The first-order chi connectivity index (χ1) is 13.6. The summed E-state index contributed by atoms with van der Waals surface area (Å²) in [6, 6.07) is 26.0. The van der Waals surface area contributed by atoms with Crippen LogP contribution in [-0.4, -0.2) is 15.3 Å². The van der Waals surface area contributed by atoms with Gasteiger partial charge in [-0.15, -0.1) is 0 Å². The van der Waals surface area contributed by atoms with Gasteiger partial charge in [0.25, 0.3) is 0 Å². The molecule has 0 bridgehead atoms. The lowest BCUT2D eigenvalue weighted by molar-refractivity contribution is 0.102. The first-order valence-corrected chi connectivity index (χ1v) is 9.41. The summed E-state index contributed by atoms with van der Waals surface area (Å²) in [5.41, 5.74) is 5.99. The monoisotopic (exact) mass is 366 g/mol. The molecule has 0 N–H and O–H groups in total. The van der Waals surface area contributed by atoms with Gasteiger partial charge in [-0.05, 0) is 30.5 Å². The van der Waals surface area contributed by atoms with Crippen molar-refractivity contribution in [2.45, 2.75) is 20.4 Å². The highest BCUT2D eigenvalue weighted by molar-refractivity contribution is 6.08. The number of hydrogen-bond acceptors (Lipinski definition) is 2. The van der Waals surface area contributed by atoms with Crippen LogP contribution in [0.1, 0.15) is 32.9 Å². The number of carbonyl (C=O) groups is 1. The van der Waals surface area contributed by atoms with Crippen LogP contribution in [0.4, 0.5) is 0 Å². The lowest BCUT2D eigenvalue weighted by Crippen LogP contribution is -2.14. The molecule has 1 heterocycles. The van der Waals surface area contributed by atoms with Crippen molar-refractivity contribution >= 4 is 5.78 Å². The highest BCUT2D eigenvalue weighted by Crippen LogP contribution is 2.26. The lowest BCUT2D eigenvalue weighted by Gasteiger charge is -2.14. The summed E-state index contributed by atoms with van der Waals surface area (Å²) in [5, 5.41) is 0. The fourth-order valence-corrected chi connectivity index (χ4v) is 3.51. The smallest absolute Gasteiger partial charge is 0.228 e. The van der Waals surface area contributed by atoms with Gasteiger partial charge in [0.15, 0.2) is 5.82 Å². The van der Waals surface area contributed by atoms with Crippen molar-refractivity contribution in [3.05, 3.63) is 113 Å². The molecule has 0 spiro atoms. The number of rotatable bonds is 5. The minimum Gasteiger partial charge on any atom is -0.317 e. The largest absolute Gasteiger partial charge is 0.317 e. The van der Waals surface area contributed by atoms with E-state index in [1.807, 2.05) is 72.3 Å². The van der Waals surface area contributed by atoms with Crippen LogP contribution >= 0.6 is 0 Å². The Balaban J connectivity index is 1.86. The van der Waals surface area contributed by atoms with E-state index in [1.165, 1.54) is 0 Å². The predicted octanol–water partition coefficient (Wildman–Crippen LogP) is 5.45. The van der Waals surface area contributed by atoms with E-state index in [0.29, 0.717) is 17.9 Å². The van der Waals surface area contributed by atoms with Crippen molar-refractivity contribution in [2.24, 2.45) is 0 Å². The number of imidazole rings is 1. The van der Waals surface area contributed by atoms with Crippen LogP contribution < -0.4 is 0 Å². The number of nitrogens with zero attached hydrogens (tertiary/aromatic N) is 2. The molecule has 0 amide bonds. The summed E-state index contributed by atoms with van der Waals surface area (Å²) in [6.45, 7) is 4.63. The van der Waals surface area contributed by atoms with Crippen LogP contribution in [-0.2, 0) is 6.54 Å². The number of carbonyl (C=O) groups excluding carboxylic acids is 1. The summed E-state index contributed by atoms with van der Waals surface area (Å²) in [7, 11) is 0. The van der Waals surface area contributed by atoms with E-state index in [-0.39, 0.29) is 5.78 Å². The van der Waals surface area contributed by atoms with E-state index in [4.69, 9.17) is 0 Å². The molecule has 0 fully saturated rings. The van der Waals surface area contributed by atoms with E-state index in [1.54, 1.807) is 0 Å². The number of hydrogen-bond donors (Lipinski definition) is 0. The molecule has 0 aliphatic rings. The molecule has 1 aromatic heterocycles. The van der Waals surface area contributed by atoms with Crippen molar-refractivity contribution in [3.8, 4) is 11.3 Å². The van der Waals surface area contributed by atoms with Gasteiger partial charge in [0.1, 0.15) is 0 Å².